The lowest BCUT2D eigenvalue weighted by Crippen LogP contribution is -2.39. The van der Waals surface area contributed by atoms with Crippen LogP contribution in [0.4, 0.5) is 0 Å². The Morgan fingerprint density at radius 3 is 1.14 bits per heavy atom. The van der Waals surface area contributed by atoms with Crippen molar-refractivity contribution in [3.63, 3.8) is 0 Å². The summed E-state index contributed by atoms with van der Waals surface area (Å²) in [5.41, 5.74) is -2.03. The molecule has 128 valence electrons. The van der Waals surface area contributed by atoms with Crippen LogP contribution in [0, 0.1) is 0 Å². The quantitative estimate of drug-likeness (QED) is 0.650. The van der Waals surface area contributed by atoms with Gasteiger partial charge in [0, 0.05) is 6.42 Å². The van der Waals surface area contributed by atoms with Crippen LogP contribution >= 0.6 is 0 Å². The average molecular weight is 304 g/mol. The second-order valence-electron chi connectivity index (χ2n) is 8.52. The average Bonchev–Trinajstić information content (AvgIpc) is 2.09. The number of ether oxygens (including phenoxy) is 2. The fraction of sp³-hybridized carbons (Fsp3) is 1.00. The normalized spacial score (nSPS) is 14.6. The Hall–Kier alpha value is -0.160. The van der Waals surface area contributed by atoms with Crippen molar-refractivity contribution in [2.24, 2.45) is 0 Å². The minimum absolute atomic E-state index is 0.316. The molecule has 0 aromatic heterocycles. The molecule has 0 saturated heterocycles. The first-order valence-electron chi connectivity index (χ1n) is 7.85. The van der Waals surface area contributed by atoms with Gasteiger partial charge in [-0.15, -0.1) is 0 Å². The topological polar surface area (TPSA) is 58.9 Å². The minimum Gasteiger partial charge on any atom is -0.390 e. The van der Waals surface area contributed by atoms with Gasteiger partial charge in [-0.2, -0.15) is 0 Å². The van der Waals surface area contributed by atoms with E-state index in [-0.39, 0.29) is 11.2 Å². The van der Waals surface area contributed by atoms with Crippen molar-refractivity contribution < 1.29 is 19.7 Å². The summed E-state index contributed by atoms with van der Waals surface area (Å²) in [7, 11) is 0. The van der Waals surface area contributed by atoms with Crippen LogP contribution in [0.1, 0.15) is 74.7 Å². The van der Waals surface area contributed by atoms with Gasteiger partial charge in [-0.3, -0.25) is 0 Å². The van der Waals surface area contributed by atoms with Gasteiger partial charge in [0.15, 0.2) is 0 Å². The van der Waals surface area contributed by atoms with Crippen LogP contribution in [-0.4, -0.2) is 45.8 Å². The summed E-state index contributed by atoms with van der Waals surface area (Å²) < 4.78 is 11.8. The molecule has 0 unspecified atom stereocenters. The first-order valence-corrected chi connectivity index (χ1v) is 7.85. The maximum atomic E-state index is 9.71. The summed E-state index contributed by atoms with van der Waals surface area (Å²) in [6, 6.07) is 0. The van der Waals surface area contributed by atoms with Gasteiger partial charge >= 0.3 is 0 Å². The summed E-state index contributed by atoms with van der Waals surface area (Å²) in [4.78, 5) is 0. The Kier molecular flexibility index (Phi) is 7.35. The van der Waals surface area contributed by atoms with Gasteiger partial charge in [0.25, 0.3) is 0 Å². The van der Waals surface area contributed by atoms with Crippen molar-refractivity contribution in [3.8, 4) is 0 Å². The van der Waals surface area contributed by atoms with Crippen LogP contribution in [0.5, 0.6) is 0 Å². The summed E-state index contributed by atoms with van der Waals surface area (Å²) in [5.74, 6) is 0. The summed E-state index contributed by atoms with van der Waals surface area (Å²) in [6.07, 6.45) is 1.96. The molecule has 0 aliphatic heterocycles. The summed E-state index contributed by atoms with van der Waals surface area (Å²) >= 11 is 0. The van der Waals surface area contributed by atoms with Crippen LogP contribution in [0.2, 0.25) is 0 Å². The van der Waals surface area contributed by atoms with Gasteiger partial charge in [-0.1, -0.05) is 0 Å². The van der Waals surface area contributed by atoms with Crippen LogP contribution in [0.15, 0.2) is 0 Å². The van der Waals surface area contributed by atoms with Crippen molar-refractivity contribution in [2.45, 2.75) is 97.1 Å². The molecule has 4 nitrogen and oxygen atoms in total. The molecule has 0 rings (SSSR count). The molecule has 0 aliphatic carbocycles. The second kappa shape index (κ2) is 7.40. The van der Waals surface area contributed by atoms with Crippen molar-refractivity contribution >= 4 is 0 Å². The molecule has 0 aromatic carbocycles. The van der Waals surface area contributed by atoms with E-state index in [1.54, 1.807) is 27.7 Å². The summed E-state index contributed by atoms with van der Waals surface area (Å²) in [5, 5.41) is 19.4. The van der Waals surface area contributed by atoms with Gasteiger partial charge in [-0.25, -0.2) is 0 Å². The largest absolute Gasteiger partial charge is 0.390 e. The van der Waals surface area contributed by atoms with E-state index in [1.807, 2.05) is 27.7 Å². The van der Waals surface area contributed by atoms with Crippen LogP contribution in [0.25, 0.3) is 0 Å². The van der Waals surface area contributed by atoms with Crippen LogP contribution in [0.3, 0.4) is 0 Å². The van der Waals surface area contributed by atoms with E-state index >= 15 is 0 Å². The Bertz CT molecular complexity index is 265. The van der Waals surface area contributed by atoms with E-state index in [9.17, 15) is 10.2 Å². The van der Waals surface area contributed by atoms with E-state index in [0.29, 0.717) is 26.1 Å². The fourth-order valence-electron chi connectivity index (χ4n) is 2.28. The van der Waals surface area contributed by atoms with E-state index in [0.717, 1.165) is 6.42 Å². The molecule has 0 radical (unpaired) electrons. The monoisotopic (exact) mass is 304 g/mol. The van der Waals surface area contributed by atoms with Crippen LogP contribution < -0.4 is 0 Å². The SMILES string of the molecule is CC(C)(O)CCOC(C)(C)CC(C)(C)OCCC(C)(C)O. The highest BCUT2D eigenvalue weighted by Crippen LogP contribution is 2.27. The number of hydrogen-bond donors (Lipinski definition) is 2. The van der Waals surface area contributed by atoms with Gasteiger partial charge in [0.1, 0.15) is 0 Å². The number of rotatable bonds is 10. The number of hydrogen-bond acceptors (Lipinski definition) is 4. The van der Waals surface area contributed by atoms with Gasteiger partial charge < -0.3 is 19.7 Å². The Labute approximate surface area is 130 Å². The molecule has 0 atom stereocenters. The number of aliphatic hydroxyl groups is 2. The Balaban J connectivity index is 4.21. The zero-order chi connectivity index (χ0) is 16.9. The second-order valence-corrected chi connectivity index (χ2v) is 8.52. The maximum Gasteiger partial charge on any atom is 0.0653 e. The third-order valence-corrected chi connectivity index (χ3v) is 3.26. The van der Waals surface area contributed by atoms with E-state index in [1.165, 1.54) is 0 Å². The van der Waals surface area contributed by atoms with Crippen molar-refractivity contribution in [1.29, 1.82) is 0 Å². The predicted octanol–water partition coefficient (Wildman–Crippen LogP) is 3.29. The molecule has 0 aromatic rings. The Morgan fingerprint density at radius 1 is 0.619 bits per heavy atom. The molecule has 4 heteroatoms. The highest BCUT2D eigenvalue weighted by Gasteiger charge is 2.31. The molecule has 0 spiro atoms. The molecule has 0 saturated carbocycles. The van der Waals surface area contributed by atoms with Crippen molar-refractivity contribution in [2.75, 3.05) is 13.2 Å². The highest BCUT2D eigenvalue weighted by atomic mass is 16.5. The van der Waals surface area contributed by atoms with Gasteiger partial charge in [0.2, 0.25) is 0 Å². The lowest BCUT2D eigenvalue weighted by molar-refractivity contribution is -0.114. The molecule has 0 fully saturated rings. The molecule has 0 aliphatic rings. The van der Waals surface area contributed by atoms with E-state index in [4.69, 9.17) is 9.47 Å². The lowest BCUT2D eigenvalue weighted by Gasteiger charge is -2.36. The predicted molar refractivity (Wildman–Crippen MR) is 86.5 cm³/mol. The zero-order valence-electron chi connectivity index (χ0n) is 15.2. The Morgan fingerprint density at radius 2 is 0.905 bits per heavy atom. The van der Waals surface area contributed by atoms with Crippen LogP contribution in [-0.2, 0) is 9.47 Å². The molecular formula is C17H36O4. The maximum absolute atomic E-state index is 9.71. The zero-order valence-corrected chi connectivity index (χ0v) is 15.2. The fourth-order valence-corrected chi connectivity index (χ4v) is 2.28. The first kappa shape index (κ1) is 20.8. The van der Waals surface area contributed by atoms with Gasteiger partial charge in [-0.05, 0) is 68.2 Å². The molecule has 0 bridgehead atoms. The summed E-state index contributed by atoms with van der Waals surface area (Å²) in [6.45, 7) is 16.3. The molecule has 2 N–H and O–H groups in total. The van der Waals surface area contributed by atoms with Gasteiger partial charge in [0.05, 0.1) is 35.6 Å². The van der Waals surface area contributed by atoms with Crippen molar-refractivity contribution in [3.05, 3.63) is 0 Å². The highest BCUT2D eigenvalue weighted by molar-refractivity contribution is 4.82. The first-order chi connectivity index (χ1) is 9.12. The van der Waals surface area contributed by atoms with Crippen molar-refractivity contribution in [1.82, 2.24) is 0 Å². The molecule has 0 amide bonds. The minimum atomic E-state index is -0.700. The standard InChI is InChI=1S/C17H36O4/c1-14(2,18)9-11-20-16(5,6)13-17(7,8)21-12-10-15(3,4)19/h18-19H,9-13H2,1-8H3. The molecule has 0 heterocycles. The molecule has 21 heavy (non-hydrogen) atoms. The van der Waals surface area contributed by atoms with E-state index in [2.05, 4.69) is 0 Å². The van der Waals surface area contributed by atoms with E-state index < -0.39 is 11.2 Å². The lowest BCUT2D eigenvalue weighted by atomic mass is 9.91. The third-order valence-electron chi connectivity index (χ3n) is 3.26. The third kappa shape index (κ3) is 13.2. The molecular weight excluding hydrogens is 268 g/mol. The smallest absolute Gasteiger partial charge is 0.0653 e.